The number of ether oxygens (including phenoxy) is 2. The van der Waals surface area contributed by atoms with Crippen LogP contribution in [0.1, 0.15) is 13.8 Å². The minimum atomic E-state index is -0.0906. The zero-order valence-corrected chi connectivity index (χ0v) is 10.8. The van der Waals surface area contributed by atoms with Gasteiger partial charge in [0.1, 0.15) is 0 Å². The molecule has 0 bridgehead atoms. The van der Waals surface area contributed by atoms with Crippen molar-refractivity contribution in [2.75, 3.05) is 54.0 Å². The fourth-order valence-electron chi connectivity index (χ4n) is 1.24. The minimum absolute atomic E-state index is 0.0906. The summed E-state index contributed by atoms with van der Waals surface area (Å²) in [5.41, 5.74) is 0. The number of nitrogens with zero attached hydrogens (tertiary/aromatic N) is 2. The lowest BCUT2D eigenvalue weighted by molar-refractivity contribution is -0.145. The van der Waals surface area contributed by atoms with Gasteiger partial charge in [-0.15, -0.1) is 0 Å². The van der Waals surface area contributed by atoms with E-state index in [0.29, 0.717) is 13.2 Å². The van der Waals surface area contributed by atoms with Crippen LogP contribution < -0.4 is 0 Å². The standard InChI is InChI=1S/C11H26N2O2/c1-6-14-11(15-7-2)10-13(5)9-8-12(3)4/h11H,6-10H2,1-5H3. The van der Waals surface area contributed by atoms with E-state index in [4.69, 9.17) is 9.47 Å². The third kappa shape index (κ3) is 8.81. The highest BCUT2D eigenvalue weighted by Gasteiger charge is 2.10. The van der Waals surface area contributed by atoms with Crippen LogP contribution in [0.25, 0.3) is 0 Å². The first-order valence-corrected chi connectivity index (χ1v) is 5.66. The molecule has 0 saturated heterocycles. The molecule has 0 aliphatic carbocycles. The van der Waals surface area contributed by atoms with Crippen molar-refractivity contribution in [3.05, 3.63) is 0 Å². The maximum absolute atomic E-state index is 5.48. The van der Waals surface area contributed by atoms with Gasteiger partial charge in [0.05, 0.1) is 0 Å². The third-order valence-corrected chi connectivity index (χ3v) is 2.09. The molecule has 0 aromatic carbocycles. The highest BCUT2D eigenvalue weighted by Crippen LogP contribution is 1.98. The third-order valence-electron chi connectivity index (χ3n) is 2.09. The van der Waals surface area contributed by atoms with Gasteiger partial charge in [-0.2, -0.15) is 0 Å². The quantitative estimate of drug-likeness (QED) is 0.536. The van der Waals surface area contributed by atoms with Crippen LogP contribution in [-0.4, -0.2) is 70.1 Å². The van der Waals surface area contributed by atoms with E-state index < -0.39 is 0 Å². The topological polar surface area (TPSA) is 24.9 Å². The Balaban J connectivity index is 3.72. The normalized spacial score (nSPS) is 12.0. The van der Waals surface area contributed by atoms with E-state index in [2.05, 4.69) is 30.9 Å². The molecule has 0 aliphatic rings. The Kier molecular flexibility index (Phi) is 9.00. The number of likely N-dealkylation sites (N-methyl/N-ethyl adjacent to an activating group) is 2. The molecule has 0 heterocycles. The van der Waals surface area contributed by atoms with Crippen molar-refractivity contribution >= 4 is 0 Å². The summed E-state index contributed by atoms with van der Waals surface area (Å²) in [6.07, 6.45) is -0.0906. The van der Waals surface area contributed by atoms with Crippen molar-refractivity contribution in [2.24, 2.45) is 0 Å². The van der Waals surface area contributed by atoms with Crippen molar-refractivity contribution in [1.82, 2.24) is 9.80 Å². The smallest absolute Gasteiger partial charge is 0.170 e. The van der Waals surface area contributed by atoms with E-state index in [-0.39, 0.29) is 6.29 Å². The van der Waals surface area contributed by atoms with Crippen molar-refractivity contribution in [3.8, 4) is 0 Å². The summed E-state index contributed by atoms with van der Waals surface area (Å²) in [6.45, 7) is 8.30. The molecule has 0 amide bonds. The fraction of sp³-hybridized carbons (Fsp3) is 1.00. The Morgan fingerprint density at radius 3 is 1.87 bits per heavy atom. The Morgan fingerprint density at radius 1 is 0.933 bits per heavy atom. The first-order valence-electron chi connectivity index (χ1n) is 5.66. The van der Waals surface area contributed by atoms with Gasteiger partial charge in [-0.1, -0.05) is 0 Å². The molecule has 0 spiro atoms. The van der Waals surface area contributed by atoms with Gasteiger partial charge in [0.2, 0.25) is 0 Å². The lowest BCUT2D eigenvalue weighted by atomic mass is 10.4. The highest BCUT2D eigenvalue weighted by atomic mass is 16.7. The second-order valence-electron chi connectivity index (χ2n) is 3.91. The van der Waals surface area contributed by atoms with Crippen molar-refractivity contribution < 1.29 is 9.47 Å². The maximum atomic E-state index is 5.48. The molecule has 0 unspecified atom stereocenters. The van der Waals surface area contributed by atoms with Gasteiger partial charge < -0.3 is 19.3 Å². The summed E-state index contributed by atoms with van der Waals surface area (Å²) in [5, 5.41) is 0. The van der Waals surface area contributed by atoms with E-state index in [9.17, 15) is 0 Å². The van der Waals surface area contributed by atoms with Crippen molar-refractivity contribution in [1.29, 1.82) is 0 Å². The van der Waals surface area contributed by atoms with E-state index in [1.54, 1.807) is 0 Å². The first kappa shape index (κ1) is 14.8. The van der Waals surface area contributed by atoms with Gasteiger partial charge >= 0.3 is 0 Å². The zero-order chi connectivity index (χ0) is 11.7. The van der Waals surface area contributed by atoms with Crippen molar-refractivity contribution in [2.45, 2.75) is 20.1 Å². The van der Waals surface area contributed by atoms with Gasteiger partial charge in [0.15, 0.2) is 6.29 Å². The van der Waals surface area contributed by atoms with E-state index in [1.807, 2.05) is 13.8 Å². The van der Waals surface area contributed by atoms with Gasteiger partial charge in [0.25, 0.3) is 0 Å². The Bertz CT molecular complexity index is 137. The molecular weight excluding hydrogens is 192 g/mol. The van der Waals surface area contributed by atoms with Crippen molar-refractivity contribution in [3.63, 3.8) is 0 Å². The average molecular weight is 218 g/mol. The van der Waals surface area contributed by atoms with E-state index >= 15 is 0 Å². The molecule has 15 heavy (non-hydrogen) atoms. The summed E-state index contributed by atoms with van der Waals surface area (Å²) in [7, 11) is 6.25. The lowest BCUT2D eigenvalue weighted by Gasteiger charge is -2.24. The Morgan fingerprint density at radius 2 is 1.47 bits per heavy atom. The number of rotatable bonds is 9. The van der Waals surface area contributed by atoms with Crippen LogP contribution in [0.5, 0.6) is 0 Å². The first-order chi connectivity index (χ1) is 7.10. The highest BCUT2D eigenvalue weighted by molar-refractivity contribution is 4.57. The number of hydrogen-bond acceptors (Lipinski definition) is 4. The zero-order valence-electron chi connectivity index (χ0n) is 10.8. The van der Waals surface area contributed by atoms with Crippen LogP contribution in [0, 0.1) is 0 Å². The molecule has 0 atom stereocenters. The molecule has 4 nitrogen and oxygen atoms in total. The predicted molar refractivity (Wildman–Crippen MR) is 63.1 cm³/mol. The molecule has 0 N–H and O–H groups in total. The van der Waals surface area contributed by atoms with Gasteiger partial charge in [0, 0.05) is 32.8 Å². The molecule has 0 aromatic rings. The van der Waals surface area contributed by atoms with Gasteiger partial charge in [-0.25, -0.2) is 0 Å². The monoisotopic (exact) mass is 218 g/mol. The second kappa shape index (κ2) is 9.09. The Labute approximate surface area is 94.1 Å². The molecule has 0 saturated carbocycles. The minimum Gasteiger partial charge on any atom is -0.352 e. The molecule has 0 aliphatic heterocycles. The maximum Gasteiger partial charge on any atom is 0.170 e. The summed E-state index contributed by atoms with van der Waals surface area (Å²) in [4.78, 5) is 4.41. The summed E-state index contributed by atoms with van der Waals surface area (Å²) >= 11 is 0. The van der Waals surface area contributed by atoms with Crippen LogP contribution in [0.3, 0.4) is 0 Å². The van der Waals surface area contributed by atoms with E-state index in [1.165, 1.54) is 0 Å². The van der Waals surface area contributed by atoms with Crippen LogP contribution in [0.2, 0.25) is 0 Å². The second-order valence-corrected chi connectivity index (χ2v) is 3.91. The molecular formula is C11H26N2O2. The Hall–Kier alpha value is -0.160. The van der Waals surface area contributed by atoms with Crippen LogP contribution in [0.15, 0.2) is 0 Å². The fourth-order valence-corrected chi connectivity index (χ4v) is 1.24. The predicted octanol–water partition coefficient (Wildman–Crippen LogP) is 0.879. The molecule has 0 radical (unpaired) electrons. The van der Waals surface area contributed by atoms with Crippen LogP contribution in [0.4, 0.5) is 0 Å². The summed E-state index contributed by atoms with van der Waals surface area (Å²) in [5.74, 6) is 0. The number of hydrogen-bond donors (Lipinski definition) is 0. The largest absolute Gasteiger partial charge is 0.352 e. The summed E-state index contributed by atoms with van der Waals surface area (Å²) in [6, 6.07) is 0. The molecule has 0 rings (SSSR count). The molecule has 92 valence electrons. The van der Waals surface area contributed by atoms with Gasteiger partial charge in [-0.3, -0.25) is 0 Å². The lowest BCUT2D eigenvalue weighted by Crippen LogP contribution is -2.36. The average Bonchev–Trinajstić information content (AvgIpc) is 2.15. The summed E-state index contributed by atoms with van der Waals surface area (Å²) < 4.78 is 11.0. The van der Waals surface area contributed by atoms with Gasteiger partial charge in [-0.05, 0) is 35.0 Å². The molecule has 0 aromatic heterocycles. The van der Waals surface area contributed by atoms with Crippen LogP contribution in [-0.2, 0) is 9.47 Å². The SMILES string of the molecule is CCOC(CN(C)CCN(C)C)OCC. The van der Waals surface area contributed by atoms with E-state index in [0.717, 1.165) is 19.6 Å². The molecule has 0 fully saturated rings. The van der Waals surface area contributed by atoms with Crippen LogP contribution >= 0.6 is 0 Å². The molecule has 4 heteroatoms.